The summed E-state index contributed by atoms with van der Waals surface area (Å²) in [7, 11) is -0.135. The number of unbranched alkanes of at least 4 members (excludes halogenated alkanes) is 3. The summed E-state index contributed by atoms with van der Waals surface area (Å²) >= 11 is 0. The molecule has 1 aliphatic rings. The van der Waals surface area contributed by atoms with Gasteiger partial charge in [-0.15, -0.1) is 0 Å². The molecule has 0 bridgehead atoms. The summed E-state index contributed by atoms with van der Waals surface area (Å²) < 4.78 is 15.0. The van der Waals surface area contributed by atoms with Gasteiger partial charge in [0.15, 0.2) is 9.76 Å². The SMILES string of the molecule is CO[Si]1(C)CCCN1CCCCCC[SiH2]OC(c1ccccc1)c1ccccc1. The molecule has 1 heterocycles. The lowest BCUT2D eigenvalue weighted by atomic mass is 10.0. The number of rotatable bonds is 12. The van der Waals surface area contributed by atoms with E-state index in [0.717, 1.165) is 0 Å². The molecule has 0 aliphatic carbocycles. The largest absolute Gasteiger partial charge is 0.413 e. The Morgan fingerprint density at radius 2 is 1.55 bits per heavy atom. The first-order valence-electron chi connectivity index (χ1n) is 11.2. The van der Waals surface area contributed by atoms with Crippen LogP contribution >= 0.6 is 0 Å². The van der Waals surface area contributed by atoms with Gasteiger partial charge in [0, 0.05) is 7.11 Å². The monoisotopic (exact) mass is 427 g/mol. The van der Waals surface area contributed by atoms with Crippen LogP contribution in [0.3, 0.4) is 0 Å². The van der Waals surface area contributed by atoms with Crippen molar-refractivity contribution in [2.75, 3.05) is 20.2 Å². The van der Waals surface area contributed by atoms with Crippen molar-refractivity contribution >= 4 is 18.2 Å². The predicted molar refractivity (Wildman–Crippen MR) is 127 cm³/mol. The molecule has 3 nitrogen and oxygen atoms in total. The van der Waals surface area contributed by atoms with Crippen molar-refractivity contribution in [3.8, 4) is 0 Å². The average molecular weight is 428 g/mol. The number of benzene rings is 2. The van der Waals surface area contributed by atoms with Crippen LogP contribution in [0.5, 0.6) is 0 Å². The van der Waals surface area contributed by atoms with E-state index in [9.17, 15) is 0 Å². The second-order valence-electron chi connectivity index (χ2n) is 8.31. The maximum Gasteiger partial charge on any atom is 0.267 e. The van der Waals surface area contributed by atoms with Crippen molar-refractivity contribution in [3.63, 3.8) is 0 Å². The first kappa shape index (κ1) is 22.4. The highest BCUT2D eigenvalue weighted by Gasteiger charge is 2.39. The van der Waals surface area contributed by atoms with Crippen LogP contribution in [0.4, 0.5) is 0 Å². The Morgan fingerprint density at radius 1 is 0.931 bits per heavy atom. The summed E-state index contributed by atoms with van der Waals surface area (Å²) in [6.07, 6.45) is 6.70. The molecule has 1 atom stereocenters. The van der Waals surface area contributed by atoms with Crippen LogP contribution in [-0.4, -0.2) is 43.0 Å². The first-order valence-corrected chi connectivity index (χ1v) is 15.4. The maximum atomic E-state index is 6.46. The second-order valence-corrected chi connectivity index (χ2v) is 13.6. The van der Waals surface area contributed by atoms with E-state index < -0.39 is 18.2 Å². The van der Waals surface area contributed by atoms with Gasteiger partial charge in [-0.05, 0) is 55.7 Å². The van der Waals surface area contributed by atoms with Gasteiger partial charge < -0.3 is 13.4 Å². The van der Waals surface area contributed by atoms with E-state index in [1.54, 1.807) is 0 Å². The Morgan fingerprint density at radius 3 is 2.17 bits per heavy atom. The summed E-state index contributed by atoms with van der Waals surface area (Å²) in [5.41, 5.74) is 2.53. The topological polar surface area (TPSA) is 21.7 Å². The molecule has 0 N–H and O–H groups in total. The van der Waals surface area contributed by atoms with Crippen molar-refractivity contribution in [2.24, 2.45) is 0 Å². The van der Waals surface area contributed by atoms with Crippen molar-refractivity contribution in [2.45, 2.75) is 56.8 Å². The average Bonchev–Trinajstić information content (AvgIpc) is 3.15. The molecule has 29 heavy (non-hydrogen) atoms. The highest BCUT2D eigenvalue weighted by molar-refractivity contribution is 6.70. The molecular weight excluding hydrogens is 390 g/mol. The fourth-order valence-corrected chi connectivity index (χ4v) is 8.55. The van der Waals surface area contributed by atoms with Gasteiger partial charge in [-0.25, -0.2) is 0 Å². The standard InChI is InChI=1S/C24H37NO2Si2/c1-26-29(2)21-13-19-25(29)18-11-3-4-12-20-28-27-24(22-14-7-5-8-15-22)23-16-9-6-10-17-23/h5-10,14-17,24H,3-4,11-13,18-21,28H2,1-2H3. The van der Waals surface area contributed by atoms with E-state index in [1.807, 2.05) is 7.11 Å². The molecule has 158 valence electrons. The van der Waals surface area contributed by atoms with Crippen molar-refractivity contribution in [1.82, 2.24) is 4.57 Å². The van der Waals surface area contributed by atoms with E-state index in [2.05, 4.69) is 71.8 Å². The predicted octanol–water partition coefficient (Wildman–Crippen LogP) is 5.28. The maximum absolute atomic E-state index is 6.46. The van der Waals surface area contributed by atoms with E-state index in [1.165, 1.54) is 68.4 Å². The third-order valence-electron chi connectivity index (χ3n) is 6.24. The lowest BCUT2D eigenvalue weighted by Crippen LogP contribution is -2.48. The van der Waals surface area contributed by atoms with Gasteiger partial charge in [0.1, 0.15) is 0 Å². The van der Waals surface area contributed by atoms with Crippen LogP contribution < -0.4 is 0 Å². The number of nitrogens with zero attached hydrogens (tertiary/aromatic N) is 1. The molecular formula is C24H37NO2Si2. The Kier molecular flexibility index (Phi) is 9.14. The Hall–Kier alpha value is -1.25. The van der Waals surface area contributed by atoms with Crippen LogP contribution in [0.25, 0.3) is 0 Å². The fourth-order valence-electron chi connectivity index (χ4n) is 4.35. The van der Waals surface area contributed by atoms with Crippen LogP contribution in [0, 0.1) is 0 Å². The van der Waals surface area contributed by atoms with Gasteiger partial charge in [0.25, 0.3) is 8.48 Å². The van der Waals surface area contributed by atoms with Gasteiger partial charge in [0.05, 0.1) is 6.10 Å². The van der Waals surface area contributed by atoms with Crippen molar-refractivity contribution in [3.05, 3.63) is 71.8 Å². The molecule has 5 heteroatoms. The molecule has 0 aromatic heterocycles. The Bertz CT molecular complexity index is 661. The third kappa shape index (κ3) is 6.62. The van der Waals surface area contributed by atoms with Gasteiger partial charge >= 0.3 is 0 Å². The van der Waals surface area contributed by atoms with Crippen molar-refractivity contribution in [1.29, 1.82) is 0 Å². The molecule has 3 rings (SSSR count). The molecule has 0 spiro atoms. The van der Waals surface area contributed by atoms with Crippen LogP contribution in [0.2, 0.25) is 18.6 Å². The Balaban J connectivity index is 1.34. The molecule has 1 aliphatic heterocycles. The Labute approximate surface area is 180 Å². The van der Waals surface area contributed by atoms with Gasteiger partial charge in [-0.3, -0.25) is 0 Å². The molecule has 1 unspecified atom stereocenters. The zero-order valence-corrected chi connectivity index (χ0v) is 20.6. The van der Waals surface area contributed by atoms with E-state index >= 15 is 0 Å². The summed E-state index contributed by atoms with van der Waals surface area (Å²) in [5, 5.41) is 0. The number of hydrogen-bond donors (Lipinski definition) is 0. The quantitative estimate of drug-likeness (QED) is 0.340. The van der Waals surface area contributed by atoms with E-state index in [-0.39, 0.29) is 6.10 Å². The molecule has 1 saturated heterocycles. The van der Waals surface area contributed by atoms with E-state index in [0.29, 0.717) is 0 Å². The third-order valence-corrected chi connectivity index (χ3v) is 11.5. The summed E-state index contributed by atoms with van der Waals surface area (Å²) in [4.78, 5) is 0. The summed E-state index contributed by atoms with van der Waals surface area (Å²) in [6.45, 7) is 4.85. The van der Waals surface area contributed by atoms with Crippen LogP contribution in [0.1, 0.15) is 49.3 Å². The molecule has 2 aromatic carbocycles. The van der Waals surface area contributed by atoms with Gasteiger partial charge in [-0.1, -0.05) is 79.9 Å². The van der Waals surface area contributed by atoms with Crippen molar-refractivity contribution < 1.29 is 8.85 Å². The second kappa shape index (κ2) is 11.8. The highest BCUT2D eigenvalue weighted by atomic mass is 28.4. The molecule has 1 fully saturated rings. The lowest BCUT2D eigenvalue weighted by Gasteiger charge is -2.31. The van der Waals surface area contributed by atoms with Crippen LogP contribution in [0.15, 0.2) is 60.7 Å². The van der Waals surface area contributed by atoms with E-state index in [4.69, 9.17) is 8.85 Å². The minimum atomic E-state index is -1.53. The fraction of sp³-hybridized carbons (Fsp3) is 0.500. The minimum absolute atomic E-state index is 0.0934. The summed E-state index contributed by atoms with van der Waals surface area (Å²) in [5.74, 6) is 0. The molecule has 0 radical (unpaired) electrons. The van der Waals surface area contributed by atoms with Crippen LogP contribution in [-0.2, 0) is 8.85 Å². The normalized spacial score (nSPS) is 20.2. The lowest BCUT2D eigenvalue weighted by molar-refractivity contribution is 0.260. The van der Waals surface area contributed by atoms with Gasteiger partial charge in [-0.2, -0.15) is 0 Å². The zero-order valence-electron chi connectivity index (χ0n) is 18.2. The highest BCUT2D eigenvalue weighted by Crippen LogP contribution is 2.27. The minimum Gasteiger partial charge on any atom is -0.413 e. The molecule has 0 amide bonds. The first-order chi connectivity index (χ1) is 14.2. The molecule has 0 saturated carbocycles. The zero-order chi connectivity index (χ0) is 20.4. The number of hydrogen-bond acceptors (Lipinski definition) is 3. The summed E-state index contributed by atoms with van der Waals surface area (Å²) in [6, 6.07) is 23.9. The molecule has 2 aromatic rings. The smallest absolute Gasteiger partial charge is 0.267 e. The van der Waals surface area contributed by atoms with Gasteiger partial charge in [0.2, 0.25) is 0 Å².